The molecule has 1 aromatic rings. The Morgan fingerprint density at radius 3 is 2.71 bits per heavy atom. The monoisotopic (exact) mass is 193 g/mol. The Balaban J connectivity index is 3.19. The van der Waals surface area contributed by atoms with E-state index in [9.17, 15) is 9.90 Å². The molecule has 0 aliphatic heterocycles. The van der Waals surface area contributed by atoms with Gasteiger partial charge in [-0.2, -0.15) is 0 Å². The van der Waals surface area contributed by atoms with Crippen molar-refractivity contribution < 1.29 is 15.0 Å². The van der Waals surface area contributed by atoms with E-state index >= 15 is 0 Å². The summed E-state index contributed by atoms with van der Waals surface area (Å²) in [6.45, 7) is 3.50. The predicted molar refractivity (Wildman–Crippen MR) is 52.2 cm³/mol. The molecule has 1 aromatic carbocycles. The zero-order valence-corrected chi connectivity index (χ0v) is 7.47. The summed E-state index contributed by atoms with van der Waals surface area (Å²) in [6, 6.07) is 3.79. The fourth-order valence-corrected chi connectivity index (χ4v) is 1.07. The van der Waals surface area contributed by atoms with Gasteiger partial charge in [-0.15, -0.1) is 6.58 Å². The van der Waals surface area contributed by atoms with E-state index in [0.717, 1.165) is 0 Å². The van der Waals surface area contributed by atoms with Crippen molar-refractivity contribution in [1.82, 2.24) is 0 Å². The molecule has 4 N–H and O–H groups in total. The van der Waals surface area contributed by atoms with Gasteiger partial charge >= 0.3 is 5.97 Å². The molecular formula is C10H11NO3. The van der Waals surface area contributed by atoms with Crippen LogP contribution in [0, 0.1) is 0 Å². The van der Waals surface area contributed by atoms with E-state index in [1.54, 1.807) is 6.07 Å². The summed E-state index contributed by atoms with van der Waals surface area (Å²) in [7, 11) is 0. The number of carbonyl (C=O) groups is 1. The molecule has 0 heterocycles. The lowest BCUT2D eigenvalue weighted by molar-refractivity contribution is 0.0693. The summed E-state index contributed by atoms with van der Waals surface area (Å²) in [4.78, 5) is 10.7. The lowest BCUT2D eigenvalue weighted by atomic mass is 10.0. The Bertz CT molecular complexity index is 374. The highest BCUT2D eigenvalue weighted by molar-refractivity contribution is 5.90. The standard InChI is InChI=1S/C10H11NO3/c1-2-8(11)6-3-4-9(12)7(5-6)10(13)14/h2-5,8,12H,1,11H2,(H,13,14)/t8-/m0/s1. The van der Waals surface area contributed by atoms with Crippen molar-refractivity contribution in [1.29, 1.82) is 0 Å². The van der Waals surface area contributed by atoms with Crippen molar-refractivity contribution in [2.75, 3.05) is 0 Å². The lowest BCUT2D eigenvalue weighted by Gasteiger charge is -2.08. The van der Waals surface area contributed by atoms with Crippen molar-refractivity contribution in [2.45, 2.75) is 6.04 Å². The molecule has 74 valence electrons. The van der Waals surface area contributed by atoms with Crippen LogP contribution in [-0.4, -0.2) is 16.2 Å². The van der Waals surface area contributed by atoms with Crippen LogP contribution in [0.4, 0.5) is 0 Å². The van der Waals surface area contributed by atoms with Gasteiger partial charge in [0.05, 0.1) is 0 Å². The lowest BCUT2D eigenvalue weighted by Crippen LogP contribution is -2.08. The first kappa shape index (κ1) is 10.3. The van der Waals surface area contributed by atoms with Crippen molar-refractivity contribution >= 4 is 5.97 Å². The van der Waals surface area contributed by atoms with E-state index in [4.69, 9.17) is 10.8 Å². The Hall–Kier alpha value is -1.81. The van der Waals surface area contributed by atoms with Gasteiger partial charge in [-0.1, -0.05) is 12.1 Å². The highest BCUT2D eigenvalue weighted by Gasteiger charge is 2.11. The van der Waals surface area contributed by atoms with Gasteiger partial charge in [0.2, 0.25) is 0 Å². The second kappa shape index (κ2) is 3.93. The smallest absolute Gasteiger partial charge is 0.339 e. The van der Waals surface area contributed by atoms with Crippen LogP contribution in [0.15, 0.2) is 30.9 Å². The fourth-order valence-electron chi connectivity index (χ4n) is 1.07. The van der Waals surface area contributed by atoms with Crippen LogP contribution in [0.3, 0.4) is 0 Å². The molecule has 1 atom stereocenters. The zero-order valence-electron chi connectivity index (χ0n) is 7.47. The topological polar surface area (TPSA) is 83.5 Å². The van der Waals surface area contributed by atoms with Crippen molar-refractivity contribution in [3.63, 3.8) is 0 Å². The maximum absolute atomic E-state index is 10.7. The Morgan fingerprint density at radius 2 is 2.21 bits per heavy atom. The third-order valence-corrected chi connectivity index (χ3v) is 1.89. The van der Waals surface area contributed by atoms with Gasteiger partial charge in [-0.05, 0) is 17.7 Å². The zero-order chi connectivity index (χ0) is 10.7. The number of benzene rings is 1. The number of phenols is 1. The van der Waals surface area contributed by atoms with E-state index in [1.165, 1.54) is 18.2 Å². The largest absolute Gasteiger partial charge is 0.507 e. The fraction of sp³-hybridized carbons (Fsp3) is 0.100. The Kier molecular flexibility index (Phi) is 2.89. The highest BCUT2D eigenvalue weighted by atomic mass is 16.4. The minimum absolute atomic E-state index is 0.153. The molecule has 0 fully saturated rings. The molecule has 0 spiro atoms. The second-order valence-electron chi connectivity index (χ2n) is 2.84. The van der Waals surface area contributed by atoms with E-state index in [2.05, 4.69) is 6.58 Å². The maximum atomic E-state index is 10.7. The molecule has 0 amide bonds. The Morgan fingerprint density at radius 1 is 1.57 bits per heavy atom. The Labute approximate surface area is 81.3 Å². The first-order valence-electron chi connectivity index (χ1n) is 4.00. The van der Waals surface area contributed by atoms with Crippen LogP contribution in [0.2, 0.25) is 0 Å². The molecular weight excluding hydrogens is 182 g/mol. The summed E-state index contributed by atoms with van der Waals surface area (Å²) in [5.41, 5.74) is 6.07. The van der Waals surface area contributed by atoms with Crippen molar-refractivity contribution in [3.8, 4) is 5.75 Å². The molecule has 0 unspecified atom stereocenters. The van der Waals surface area contributed by atoms with Gasteiger partial charge in [0, 0.05) is 6.04 Å². The van der Waals surface area contributed by atoms with Crippen LogP contribution in [0.5, 0.6) is 5.75 Å². The van der Waals surface area contributed by atoms with E-state index in [1.807, 2.05) is 0 Å². The van der Waals surface area contributed by atoms with Gasteiger partial charge in [-0.25, -0.2) is 4.79 Å². The van der Waals surface area contributed by atoms with Crippen LogP contribution in [0.25, 0.3) is 0 Å². The maximum Gasteiger partial charge on any atom is 0.339 e. The molecule has 4 heteroatoms. The van der Waals surface area contributed by atoms with Crippen LogP contribution >= 0.6 is 0 Å². The molecule has 0 bridgehead atoms. The van der Waals surface area contributed by atoms with Crippen LogP contribution in [0.1, 0.15) is 22.0 Å². The number of aromatic carboxylic acids is 1. The van der Waals surface area contributed by atoms with E-state index < -0.39 is 12.0 Å². The van der Waals surface area contributed by atoms with Crippen LogP contribution < -0.4 is 5.73 Å². The van der Waals surface area contributed by atoms with Crippen molar-refractivity contribution in [3.05, 3.63) is 42.0 Å². The van der Waals surface area contributed by atoms with Gasteiger partial charge in [0.1, 0.15) is 11.3 Å². The number of carboxylic acid groups (broad SMARTS) is 1. The van der Waals surface area contributed by atoms with E-state index in [-0.39, 0.29) is 11.3 Å². The number of carboxylic acids is 1. The van der Waals surface area contributed by atoms with Gasteiger partial charge in [0.15, 0.2) is 0 Å². The molecule has 0 saturated heterocycles. The minimum atomic E-state index is -1.18. The number of aromatic hydroxyl groups is 1. The normalized spacial score (nSPS) is 12.1. The summed E-state index contributed by atoms with van der Waals surface area (Å²) in [5.74, 6) is -1.45. The molecule has 14 heavy (non-hydrogen) atoms. The van der Waals surface area contributed by atoms with Crippen LogP contribution in [-0.2, 0) is 0 Å². The third kappa shape index (κ3) is 1.92. The SMILES string of the molecule is C=C[C@H](N)c1ccc(O)c(C(=O)O)c1. The predicted octanol–water partition coefficient (Wildman–Crippen LogP) is 1.28. The first-order chi connectivity index (χ1) is 6.56. The second-order valence-corrected chi connectivity index (χ2v) is 2.84. The van der Waals surface area contributed by atoms with Gasteiger partial charge < -0.3 is 15.9 Å². The molecule has 0 aromatic heterocycles. The highest BCUT2D eigenvalue weighted by Crippen LogP contribution is 2.21. The average molecular weight is 193 g/mol. The quantitative estimate of drug-likeness (QED) is 0.631. The number of hydrogen-bond acceptors (Lipinski definition) is 3. The summed E-state index contributed by atoms with van der Waals surface area (Å²) < 4.78 is 0. The molecule has 0 aliphatic rings. The van der Waals surface area contributed by atoms with Gasteiger partial charge in [-0.3, -0.25) is 0 Å². The van der Waals surface area contributed by atoms with E-state index in [0.29, 0.717) is 5.56 Å². The average Bonchev–Trinajstić information content (AvgIpc) is 2.17. The molecule has 0 aliphatic carbocycles. The molecule has 0 radical (unpaired) electrons. The van der Waals surface area contributed by atoms with Crippen molar-refractivity contribution in [2.24, 2.45) is 5.73 Å². The minimum Gasteiger partial charge on any atom is -0.507 e. The third-order valence-electron chi connectivity index (χ3n) is 1.89. The number of nitrogens with two attached hydrogens (primary N) is 1. The first-order valence-corrected chi connectivity index (χ1v) is 4.00. The number of rotatable bonds is 3. The summed E-state index contributed by atoms with van der Waals surface area (Å²) in [5, 5.41) is 17.9. The summed E-state index contributed by atoms with van der Waals surface area (Å²) in [6.07, 6.45) is 1.50. The molecule has 1 rings (SSSR count). The summed E-state index contributed by atoms with van der Waals surface area (Å²) >= 11 is 0. The number of hydrogen-bond donors (Lipinski definition) is 3. The molecule has 4 nitrogen and oxygen atoms in total. The molecule has 0 saturated carbocycles. The van der Waals surface area contributed by atoms with Gasteiger partial charge in [0.25, 0.3) is 0 Å².